The van der Waals surface area contributed by atoms with E-state index >= 15 is 0 Å². The Hall–Kier alpha value is -1.79. The number of nitrogens with two attached hydrogens (primary N) is 1. The fraction of sp³-hybridized carbons (Fsp3) is 0.357. The minimum Gasteiger partial charge on any atom is -0.328 e. The number of hydrogen-bond donors (Lipinski definition) is 1. The van der Waals surface area contributed by atoms with Gasteiger partial charge in [-0.25, -0.2) is 0 Å². The summed E-state index contributed by atoms with van der Waals surface area (Å²) in [6, 6.07) is 9.71. The van der Waals surface area contributed by atoms with Crippen LogP contribution in [0, 0.1) is 11.8 Å². The van der Waals surface area contributed by atoms with Crippen molar-refractivity contribution in [3.63, 3.8) is 0 Å². The highest BCUT2D eigenvalue weighted by molar-refractivity contribution is 5.94. The normalized spacial score (nSPS) is 18.6. The number of likely N-dealkylation sites (tertiary alicyclic amines) is 1. The van der Waals surface area contributed by atoms with Gasteiger partial charge >= 0.3 is 0 Å². The summed E-state index contributed by atoms with van der Waals surface area (Å²) in [5.41, 5.74) is 6.49. The number of hydrogen-bond acceptors (Lipinski definition) is 2. The van der Waals surface area contributed by atoms with Gasteiger partial charge < -0.3 is 10.6 Å². The molecule has 1 unspecified atom stereocenters. The SMILES string of the molecule is NCC1CCCN1C(=O)C#Cc1ccccc1. The average molecular weight is 228 g/mol. The van der Waals surface area contributed by atoms with Crippen LogP contribution in [0.4, 0.5) is 0 Å². The lowest BCUT2D eigenvalue weighted by atomic mass is 10.2. The standard InChI is InChI=1S/C14H16N2O/c15-11-13-7-4-10-16(13)14(17)9-8-12-5-2-1-3-6-12/h1-3,5-6,13H,4,7,10-11,15H2. The minimum absolute atomic E-state index is 0.109. The molecule has 0 aliphatic carbocycles. The van der Waals surface area contributed by atoms with Crippen molar-refractivity contribution in [2.75, 3.05) is 13.1 Å². The second-order valence-corrected chi connectivity index (χ2v) is 4.15. The zero-order chi connectivity index (χ0) is 12.1. The molecule has 1 aromatic rings. The van der Waals surface area contributed by atoms with E-state index in [1.165, 1.54) is 0 Å². The molecular formula is C14H16N2O. The molecule has 1 atom stereocenters. The second-order valence-electron chi connectivity index (χ2n) is 4.15. The molecule has 1 aliphatic rings. The summed E-state index contributed by atoms with van der Waals surface area (Å²) in [6.45, 7) is 1.31. The van der Waals surface area contributed by atoms with Gasteiger partial charge in [-0.15, -0.1) is 0 Å². The lowest BCUT2D eigenvalue weighted by Crippen LogP contribution is -2.39. The van der Waals surface area contributed by atoms with E-state index in [0.29, 0.717) is 6.54 Å². The maximum absolute atomic E-state index is 11.9. The zero-order valence-corrected chi connectivity index (χ0v) is 9.73. The van der Waals surface area contributed by atoms with Crippen molar-refractivity contribution in [1.82, 2.24) is 4.90 Å². The van der Waals surface area contributed by atoms with Gasteiger partial charge in [0, 0.05) is 30.6 Å². The van der Waals surface area contributed by atoms with E-state index in [1.807, 2.05) is 30.3 Å². The van der Waals surface area contributed by atoms with Gasteiger partial charge in [-0.2, -0.15) is 0 Å². The highest BCUT2D eigenvalue weighted by Crippen LogP contribution is 2.15. The van der Waals surface area contributed by atoms with Gasteiger partial charge in [0.15, 0.2) is 0 Å². The highest BCUT2D eigenvalue weighted by atomic mass is 16.2. The maximum Gasteiger partial charge on any atom is 0.299 e. The first-order valence-corrected chi connectivity index (χ1v) is 5.89. The number of carbonyl (C=O) groups is 1. The molecule has 0 bridgehead atoms. The van der Waals surface area contributed by atoms with Crippen LogP contribution in [0.5, 0.6) is 0 Å². The van der Waals surface area contributed by atoms with Gasteiger partial charge in [-0.05, 0) is 25.0 Å². The van der Waals surface area contributed by atoms with Gasteiger partial charge in [0.2, 0.25) is 0 Å². The Morgan fingerprint density at radius 2 is 2.18 bits per heavy atom. The van der Waals surface area contributed by atoms with Crippen LogP contribution in [0.2, 0.25) is 0 Å². The molecule has 1 aromatic carbocycles. The molecule has 0 spiro atoms. The average Bonchev–Trinajstić information content (AvgIpc) is 2.85. The molecule has 1 amide bonds. The van der Waals surface area contributed by atoms with E-state index in [1.54, 1.807) is 4.90 Å². The van der Waals surface area contributed by atoms with Gasteiger partial charge in [-0.3, -0.25) is 4.79 Å². The summed E-state index contributed by atoms with van der Waals surface area (Å²) in [7, 11) is 0. The molecule has 2 rings (SSSR count). The Morgan fingerprint density at radius 3 is 2.88 bits per heavy atom. The topological polar surface area (TPSA) is 46.3 Å². The summed E-state index contributed by atoms with van der Waals surface area (Å²) in [6.07, 6.45) is 2.02. The zero-order valence-electron chi connectivity index (χ0n) is 9.73. The molecule has 88 valence electrons. The van der Waals surface area contributed by atoms with Crippen LogP contribution in [0.3, 0.4) is 0 Å². The monoisotopic (exact) mass is 228 g/mol. The summed E-state index contributed by atoms with van der Waals surface area (Å²) < 4.78 is 0. The van der Waals surface area contributed by atoms with Crippen molar-refractivity contribution in [3.05, 3.63) is 35.9 Å². The van der Waals surface area contributed by atoms with E-state index in [0.717, 1.165) is 24.9 Å². The summed E-state index contributed by atoms with van der Waals surface area (Å²) >= 11 is 0. The van der Waals surface area contributed by atoms with Crippen molar-refractivity contribution in [2.24, 2.45) is 5.73 Å². The number of rotatable bonds is 1. The lowest BCUT2D eigenvalue weighted by Gasteiger charge is -2.20. The van der Waals surface area contributed by atoms with Gasteiger partial charge in [-0.1, -0.05) is 24.1 Å². The number of carbonyl (C=O) groups excluding carboxylic acids is 1. The van der Waals surface area contributed by atoms with E-state index in [2.05, 4.69) is 11.8 Å². The van der Waals surface area contributed by atoms with E-state index in [9.17, 15) is 4.79 Å². The molecule has 1 heterocycles. The fourth-order valence-electron chi connectivity index (χ4n) is 2.07. The number of benzene rings is 1. The molecular weight excluding hydrogens is 212 g/mol. The maximum atomic E-state index is 11.9. The summed E-state index contributed by atoms with van der Waals surface area (Å²) in [5.74, 6) is 5.46. The van der Waals surface area contributed by atoms with Crippen LogP contribution in [0.15, 0.2) is 30.3 Å². The Labute approximate surface area is 102 Å². The van der Waals surface area contributed by atoms with Gasteiger partial charge in [0.25, 0.3) is 5.91 Å². The fourth-order valence-corrected chi connectivity index (χ4v) is 2.07. The first-order valence-electron chi connectivity index (χ1n) is 5.89. The first-order chi connectivity index (χ1) is 8.31. The van der Waals surface area contributed by atoms with E-state index in [4.69, 9.17) is 5.73 Å². The van der Waals surface area contributed by atoms with Crippen molar-refractivity contribution < 1.29 is 4.79 Å². The second kappa shape index (κ2) is 5.51. The van der Waals surface area contributed by atoms with Gasteiger partial charge in [0.05, 0.1) is 0 Å². The van der Waals surface area contributed by atoms with Crippen LogP contribution in [-0.2, 0) is 4.79 Å². The lowest BCUT2D eigenvalue weighted by molar-refractivity contribution is -0.125. The van der Waals surface area contributed by atoms with E-state index in [-0.39, 0.29) is 11.9 Å². The molecule has 1 saturated heterocycles. The minimum atomic E-state index is -0.109. The third-order valence-electron chi connectivity index (χ3n) is 3.00. The van der Waals surface area contributed by atoms with Crippen molar-refractivity contribution >= 4 is 5.91 Å². The van der Waals surface area contributed by atoms with Crippen LogP contribution in [0.1, 0.15) is 18.4 Å². The van der Waals surface area contributed by atoms with Crippen molar-refractivity contribution in [1.29, 1.82) is 0 Å². The van der Waals surface area contributed by atoms with Crippen LogP contribution in [0.25, 0.3) is 0 Å². The molecule has 3 nitrogen and oxygen atoms in total. The smallest absolute Gasteiger partial charge is 0.299 e. The molecule has 0 saturated carbocycles. The molecule has 1 aliphatic heterocycles. The predicted molar refractivity (Wildman–Crippen MR) is 67.1 cm³/mol. The molecule has 0 radical (unpaired) electrons. The summed E-state index contributed by atoms with van der Waals surface area (Å²) in [4.78, 5) is 13.7. The number of amides is 1. The molecule has 1 fully saturated rings. The van der Waals surface area contributed by atoms with Crippen LogP contribution < -0.4 is 5.73 Å². The van der Waals surface area contributed by atoms with Crippen molar-refractivity contribution in [3.8, 4) is 11.8 Å². The number of nitrogens with zero attached hydrogens (tertiary/aromatic N) is 1. The van der Waals surface area contributed by atoms with E-state index < -0.39 is 0 Å². The van der Waals surface area contributed by atoms with Gasteiger partial charge in [0.1, 0.15) is 0 Å². The molecule has 3 heteroatoms. The summed E-state index contributed by atoms with van der Waals surface area (Å²) in [5, 5.41) is 0. The quantitative estimate of drug-likeness (QED) is 0.729. The Bertz CT molecular complexity index is 444. The molecule has 2 N–H and O–H groups in total. The Balaban J connectivity index is 2.05. The predicted octanol–water partition coefficient (Wildman–Crippen LogP) is 0.988. The largest absolute Gasteiger partial charge is 0.328 e. The third-order valence-corrected chi connectivity index (χ3v) is 3.00. The van der Waals surface area contributed by atoms with Crippen LogP contribution >= 0.6 is 0 Å². The third kappa shape index (κ3) is 2.86. The molecule has 17 heavy (non-hydrogen) atoms. The molecule has 0 aromatic heterocycles. The van der Waals surface area contributed by atoms with Crippen molar-refractivity contribution in [2.45, 2.75) is 18.9 Å². The Morgan fingerprint density at radius 1 is 1.41 bits per heavy atom. The highest BCUT2D eigenvalue weighted by Gasteiger charge is 2.26. The Kier molecular flexibility index (Phi) is 3.79. The van der Waals surface area contributed by atoms with Crippen LogP contribution in [-0.4, -0.2) is 29.9 Å². The first kappa shape index (κ1) is 11.7.